The zero-order valence-electron chi connectivity index (χ0n) is 14.1. The van der Waals surface area contributed by atoms with E-state index in [4.69, 9.17) is 4.74 Å². The number of amides is 2. The molecule has 0 radical (unpaired) electrons. The molecule has 0 bridgehead atoms. The maximum Gasteiger partial charge on any atom is 0.248 e. The lowest BCUT2D eigenvalue weighted by Crippen LogP contribution is -2.46. The summed E-state index contributed by atoms with van der Waals surface area (Å²) in [5.74, 6) is -0.162. The molecule has 2 heterocycles. The summed E-state index contributed by atoms with van der Waals surface area (Å²) in [5, 5.41) is 4.10. The van der Waals surface area contributed by atoms with Gasteiger partial charge in [-0.2, -0.15) is 0 Å². The molecule has 1 aromatic heterocycles. The smallest absolute Gasteiger partial charge is 0.248 e. The lowest BCUT2D eigenvalue weighted by Gasteiger charge is -2.31. The Labute approximate surface area is 141 Å². The van der Waals surface area contributed by atoms with Crippen LogP contribution >= 0.6 is 11.3 Å². The standard InChI is InChI=1S/C16H25N3O3S/c1-4-14-18-11(2)13(23-14)8-17-16(21)12-6-5-7-19(9-12)15(20)10-22-3/h12H,4-10H2,1-3H3,(H,17,21)/t12-/m0/s1. The Balaban J connectivity index is 1.87. The second-order valence-electron chi connectivity index (χ2n) is 5.80. The van der Waals surface area contributed by atoms with Gasteiger partial charge in [-0.1, -0.05) is 6.92 Å². The number of nitrogens with zero attached hydrogens (tertiary/aromatic N) is 2. The Hall–Kier alpha value is -1.47. The molecule has 0 unspecified atom stereocenters. The van der Waals surface area contributed by atoms with Crippen LogP contribution in [0.3, 0.4) is 0 Å². The lowest BCUT2D eigenvalue weighted by molar-refractivity contribution is -0.139. The van der Waals surface area contributed by atoms with Gasteiger partial charge in [0.25, 0.3) is 0 Å². The van der Waals surface area contributed by atoms with Crippen LogP contribution in [0.25, 0.3) is 0 Å². The molecule has 2 rings (SSSR count). The first-order chi connectivity index (χ1) is 11.0. The average Bonchev–Trinajstić information content (AvgIpc) is 2.93. The van der Waals surface area contributed by atoms with Crippen LogP contribution < -0.4 is 5.32 Å². The zero-order valence-corrected chi connectivity index (χ0v) is 14.9. The van der Waals surface area contributed by atoms with E-state index in [1.807, 2.05) is 6.92 Å². The van der Waals surface area contributed by atoms with Crippen LogP contribution in [0.1, 0.15) is 35.3 Å². The number of rotatable bonds is 6. The number of carbonyl (C=O) groups excluding carboxylic acids is 2. The van der Waals surface area contributed by atoms with Crippen molar-refractivity contribution in [1.82, 2.24) is 15.2 Å². The van der Waals surface area contributed by atoms with Gasteiger partial charge >= 0.3 is 0 Å². The molecule has 6 nitrogen and oxygen atoms in total. The minimum absolute atomic E-state index is 0.0192. The fourth-order valence-electron chi connectivity index (χ4n) is 2.75. The van der Waals surface area contributed by atoms with Gasteiger partial charge in [-0.3, -0.25) is 9.59 Å². The lowest BCUT2D eigenvalue weighted by atomic mass is 9.97. The molecule has 0 aliphatic carbocycles. The molecular formula is C16H25N3O3S. The first-order valence-electron chi connectivity index (χ1n) is 8.04. The maximum atomic E-state index is 12.4. The van der Waals surface area contributed by atoms with Crippen LogP contribution in [0.2, 0.25) is 0 Å². The van der Waals surface area contributed by atoms with Gasteiger partial charge in [0.05, 0.1) is 23.2 Å². The van der Waals surface area contributed by atoms with Crippen molar-refractivity contribution in [2.45, 2.75) is 39.7 Å². The molecule has 128 valence electrons. The van der Waals surface area contributed by atoms with Crippen molar-refractivity contribution in [1.29, 1.82) is 0 Å². The fraction of sp³-hybridized carbons (Fsp3) is 0.688. The molecule has 1 aromatic rings. The van der Waals surface area contributed by atoms with Gasteiger partial charge in [-0.05, 0) is 26.2 Å². The second-order valence-corrected chi connectivity index (χ2v) is 6.97. The topological polar surface area (TPSA) is 71.5 Å². The first kappa shape index (κ1) is 17.9. The van der Waals surface area contributed by atoms with Gasteiger partial charge < -0.3 is 15.0 Å². The third-order valence-corrected chi connectivity index (χ3v) is 5.38. The highest BCUT2D eigenvalue weighted by Crippen LogP contribution is 2.20. The summed E-state index contributed by atoms with van der Waals surface area (Å²) in [6, 6.07) is 0. The Morgan fingerprint density at radius 3 is 2.91 bits per heavy atom. The SMILES string of the molecule is CCc1nc(C)c(CNC(=O)[C@H]2CCCN(C(=O)COC)C2)s1. The summed E-state index contributed by atoms with van der Waals surface area (Å²) in [6.07, 6.45) is 2.59. The predicted molar refractivity (Wildman–Crippen MR) is 89.3 cm³/mol. The largest absolute Gasteiger partial charge is 0.375 e. The number of carbonyl (C=O) groups is 2. The summed E-state index contributed by atoms with van der Waals surface area (Å²) in [4.78, 5) is 31.6. The van der Waals surface area contributed by atoms with E-state index >= 15 is 0 Å². The molecule has 0 spiro atoms. The van der Waals surface area contributed by atoms with Crippen molar-refractivity contribution >= 4 is 23.2 Å². The van der Waals surface area contributed by atoms with Crippen LogP contribution in [0.15, 0.2) is 0 Å². The van der Waals surface area contributed by atoms with Gasteiger partial charge in [-0.25, -0.2) is 4.98 Å². The molecule has 7 heteroatoms. The van der Waals surface area contributed by atoms with E-state index in [2.05, 4.69) is 17.2 Å². The van der Waals surface area contributed by atoms with Crippen molar-refractivity contribution in [2.75, 3.05) is 26.8 Å². The summed E-state index contributed by atoms with van der Waals surface area (Å²) in [7, 11) is 1.51. The molecule has 2 amide bonds. The molecular weight excluding hydrogens is 314 g/mol. The number of hydrogen-bond donors (Lipinski definition) is 1. The van der Waals surface area contributed by atoms with E-state index in [1.165, 1.54) is 7.11 Å². The highest BCUT2D eigenvalue weighted by Gasteiger charge is 2.28. The van der Waals surface area contributed by atoms with Gasteiger partial charge in [0.1, 0.15) is 6.61 Å². The summed E-state index contributed by atoms with van der Waals surface area (Å²) >= 11 is 1.65. The predicted octanol–water partition coefficient (Wildman–Crippen LogP) is 1.52. The Kier molecular flexibility index (Phi) is 6.53. The van der Waals surface area contributed by atoms with Crippen LogP contribution in [0.4, 0.5) is 0 Å². The number of aryl methyl sites for hydroxylation is 2. The quantitative estimate of drug-likeness (QED) is 0.853. The van der Waals surface area contributed by atoms with E-state index in [0.29, 0.717) is 19.6 Å². The van der Waals surface area contributed by atoms with Crippen LogP contribution in [-0.2, 0) is 27.3 Å². The maximum absolute atomic E-state index is 12.4. The number of piperidine rings is 1. The van der Waals surface area contributed by atoms with Crippen molar-refractivity contribution in [3.63, 3.8) is 0 Å². The third-order valence-electron chi connectivity index (χ3n) is 4.08. The van der Waals surface area contributed by atoms with Crippen molar-refractivity contribution in [3.05, 3.63) is 15.6 Å². The molecule has 23 heavy (non-hydrogen) atoms. The van der Waals surface area contributed by atoms with Crippen molar-refractivity contribution in [3.8, 4) is 0 Å². The van der Waals surface area contributed by atoms with Crippen molar-refractivity contribution in [2.24, 2.45) is 5.92 Å². The van der Waals surface area contributed by atoms with E-state index in [1.54, 1.807) is 16.2 Å². The summed E-state index contributed by atoms with van der Waals surface area (Å²) in [5.41, 5.74) is 0.993. The van der Waals surface area contributed by atoms with Gasteiger partial charge in [0.15, 0.2) is 0 Å². The summed E-state index contributed by atoms with van der Waals surface area (Å²) < 4.78 is 4.89. The first-order valence-corrected chi connectivity index (χ1v) is 8.86. The number of nitrogens with one attached hydrogen (secondary N) is 1. The molecule has 1 aliphatic heterocycles. The number of ether oxygens (including phenoxy) is 1. The molecule has 0 aromatic carbocycles. The van der Waals surface area contributed by atoms with Gasteiger partial charge in [0.2, 0.25) is 11.8 Å². The van der Waals surface area contributed by atoms with Crippen LogP contribution in [0, 0.1) is 12.8 Å². The number of methoxy groups -OCH3 is 1. The van der Waals surface area contributed by atoms with Crippen LogP contribution in [0.5, 0.6) is 0 Å². The van der Waals surface area contributed by atoms with Gasteiger partial charge in [0, 0.05) is 25.1 Å². The number of aromatic nitrogens is 1. The molecule has 1 saturated heterocycles. The molecule has 0 saturated carbocycles. The Morgan fingerprint density at radius 1 is 1.48 bits per heavy atom. The van der Waals surface area contributed by atoms with E-state index in [9.17, 15) is 9.59 Å². The minimum Gasteiger partial charge on any atom is -0.375 e. The fourth-order valence-corrected chi connectivity index (χ4v) is 3.70. The molecule has 1 N–H and O–H groups in total. The third kappa shape index (κ3) is 4.75. The van der Waals surface area contributed by atoms with Crippen molar-refractivity contribution < 1.29 is 14.3 Å². The number of likely N-dealkylation sites (tertiary alicyclic amines) is 1. The minimum atomic E-state index is -0.136. The number of hydrogen-bond acceptors (Lipinski definition) is 5. The summed E-state index contributed by atoms with van der Waals surface area (Å²) in [6.45, 7) is 5.84. The Morgan fingerprint density at radius 2 is 2.26 bits per heavy atom. The molecule has 1 atom stereocenters. The molecule has 1 aliphatic rings. The van der Waals surface area contributed by atoms with Crippen LogP contribution in [-0.4, -0.2) is 48.5 Å². The molecule has 1 fully saturated rings. The van der Waals surface area contributed by atoms with Gasteiger partial charge in [-0.15, -0.1) is 11.3 Å². The normalized spacial score (nSPS) is 18.0. The highest BCUT2D eigenvalue weighted by atomic mass is 32.1. The second kappa shape index (κ2) is 8.40. The zero-order chi connectivity index (χ0) is 16.8. The number of thiazole rings is 1. The highest BCUT2D eigenvalue weighted by molar-refractivity contribution is 7.11. The van der Waals surface area contributed by atoms with E-state index in [0.717, 1.165) is 34.8 Å². The Bertz CT molecular complexity index is 559. The monoisotopic (exact) mass is 339 g/mol. The average molecular weight is 339 g/mol. The van der Waals surface area contributed by atoms with E-state index < -0.39 is 0 Å². The van der Waals surface area contributed by atoms with E-state index in [-0.39, 0.29) is 24.3 Å².